The lowest BCUT2D eigenvalue weighted by molar-refractivity contribution is 0.0822. The molecule has 4 heterocycles. The predicted octanol–water partition coefficient (Wildman–Crippen LogP) is 5.12. The molecule has 0 aliphatic carbocycles. The number of anilines is 2. The summed E-state index contributed by atoms with van der Waals surface area (Å²) in [6, 6.07) is 9.02. The largest absolute Gasteiger partial charge is 0.485 e. The number of nitrogen functional groups attached to an aromatic ring is 1. The Bertz CT molecular complexity index is 2040. The van der Waals surface area contributed by atoms with Gasteiger partial charge in [-0.25, -0.2) is 35.6 Å². The lowest BCUT2D eigenvalue weighted by Crippen LogP contribution is -2.26. The Morgan fingerprint density at radius 2 is 1.87 bits per heavy atom. The van der Waals surface area contributed by atoms with Gasteiger partial charge < -0.3 is 20.2 Å². The quantitative estimate of drug-likeness (QED) is 0.166. The highest BCUT2D eigenvalue weighted by Crippen LogP contribution is 2.38. The average Bonchev–Trinajstić information content (AvgIpc) is 3.68. The van der Waals surface area contributed by atoms with Crippen molar-refractivity contribution in [3.8, 4) is 23.1 Å². The minimum atomic E-state index is -3.67. The van der Waals surface area contributed by atoms with Crippen LogP contribution in [-0.2, 0) is 10.0 Å². The number of pyridine rings is 1. The minimum Gasteiger partial charge on any atom is -0.485 e. The maximum atomic E-state index is 14.0. The SMILES string of the molecule is Cc1cc(Oc2c(F)cccc2F)ncc1-n1ncc(C(=O)c2cc3cc(OCC(F)F)c(N4CCCS4(=O)=O)cc3[nH]2)c1N. The number of nitrogens with zero attached hydrogens (tertiary/aromatic N) is 4. The van der Waals surface area contributed by atoms with Crippen LogP contribution >= 0.6 is 0 Å². The molecule has 1 aliphatic rings. The van der Waals surface area contributed by atoms with E-state index in [0.29, 0.717) is 28.6 Å². The molecule has 0 spiro atoms. The molecule has 3 N–H and O–H groups in total. The summed E-state index contributed by atoms with van der Waals surface area (Å²) in [7, 11) is -3.67. The van der Waals surface area contributed by atoms with Crippen molar-refractivity contribution in [2.75, 3.05) is 28.9 Å². The van der Waals surface area contributed by atoms with E-state index < -0.39 is 46.2 Å². The number of H-pyrrole nitrogens is 1. The van der Waals surface area contributed by atoms with E-state index in [-0.39, 0.29) is 46.7 Å². The van der Waals surface area contributed by atoms with Gasteiger partial charge in [0.25, 0.3) is 6.43 Å². The van der Waals surface area contributed by atoms with Crippen LogP contribution in [0.25, 0.3) is 16.6 Å². The number of rotatable bonds is 9. The number of ether oxygens (including phenoxy) is 2. The predicted molar refractivity (Wildman–Crippen MR) is 156 cm³/mol. The van der Waals surface area contributed by atoms with Crippen LogP contribution in [0.15, 0.2) is 54.9 Å². The molecule has 1 saturated heterocycles. The third kappa shape index (κ3) is 5.63. The molecule has 0 radical (unpaired) electrons. The van der Waals surface area contributed by atoms with E-state index in [1.807, 2.05) is 0 Å². The van der Waals surface area contributed by atoms with E-state index >= 15 is 0 Å². The first-order valence-corrected chi connectivity index (χ1v) is 15.1. The van der Waals surface area contributed by atoms with Crippen LogP contribution in [0.1, 0.15) is 28.0 Å². The molecule has 0 bridgehead atoms. The number of fused-ring (bicyclic) bond motifs is 1. The highest BCUT2D eigenvalue weighted by molar-refractivity contribution is 7.93. The lowest BCUT2D eigenvalue weighted by Gasteiger charge is -2.20. The Kier molecular flexibility index (Phi) is 7.60. The number of aromatic nitrogens is 4. The van der Waals surface area contributed by atoms with Gasteiger partial charge in [0.1, 0.15) is 18.2 Å². The molecule has 3 aromatic heterocycles. The molecule has 6 rings (SSSR count). The van der Waals surface area contributed by atoms with Gasteiger partial charge in [-0.3, -0.25) is 9.10 Å². The van der Waals surface area contributed by atoms with Gasteiger partial charge in [-0.2, -0.15) is 5.10 Å². The molecule has 234 valence electrons. The molecule has 1 fully saturated rings. The summed E-state index contributed by atoms with van der Waals surface area (Å²) in [6.45, 7) is 0.871. The Hall–Kier alpha value is -5.12. The fraction of sp³-hybridized carbons (Fsp3) is 0.207. The first-order valence-electron chi connectivity index (χ1n) is 13.5. The topological polar surface area (TPSA) is 145 Å². The van der Waals surface area contributed by atoms with Gasteiger partial charge in [0.05, 0.1) is 40.8 Å². The first kappa shape index (κ1) is 29.9. The van der Waals surface area contributed by atoms with E-state index in [2.05, 4.69) is 15.1 Å². The molecule has 1 aliphatic heterocycles. The Labute approximate surface area is 253 Å². The van der Waals surface area contributed by atoms with Crippen molar-refractivity contribution in [3.63, 3.8) is 0 Å². The summed E-state index contributed by atoms with van der Waals surface area (Å²) < 4.78 is 92.0. The van der Waals surface area contributed by atoms with Gasteiger partial charge >= 0.3 is 0 Å². The van der Waals surface area contributed by atoms with E-state index in [9.17, 15) is 30.8 Å². The van der Waals surface area contributed by atoms with Crippen molar-refractivity contribution in [1.29, 1.82) is 0 Å². The average molecular weight is 645 g/mol. The van der Waals surface area contributed by atoms with Gasteiger partial charge in [-0.05, 0) is 49.2 Å². The number of halogens is 4. The van der Waals surface area contributed by atoms with Crippen LogP contribution in [0.4, 0.5) is 29.1 Å². The van der Waals surface area contributed by atoms with E-state index in [1.165, 1.54) is 47.4 Å². The van der Waals surface area contributed by atoms with E-state index in [1.54, 1.807) is 6.92 Å². The summed E-state index contributed by atoms with van der Waals surface area (Å²) in [4.78, 5) is 20.6. The number of carbonyl (C=O) groups is 1. The van der Waals surface area contributed by atoms with Crippen molar-refractivity contribution in [2.24, 2.45) is 0 Å². The number of benzene rings is 2. The zero-order chi connectivity index (χ0) is 32.0. The Morgan fingerprint density at radius 1 is 1.11 bits per heavy atom. The van der Waals surface area contributed by atoms with E-state index in [0.717, 1.165) is 16.4 Å². The van der Waals surface area contributed by atoms with Gasteiger partial charge in [0.2, 0.25) is 27.4 Å². The number of nitrogens with one attached hydrogen (secondary N) is 1. The highest BCUT2D eigenvalue weighted by atomic mass is 32.2. The fourth-order valence-electron chi connectivity index (χ4n) is 5.00. The normalized spacial score (nSPS) is 14.4. The summed E-state index contributed by atoms with van der Waals surface area (Å²) in [6.07, 6.45) is 0.144. The van der Waals surface area contributed by atoms with Crippen LogP contribution < -0.4 is 19.5 Å². The number of para-hydroxylation sites is 1. The lowest BCUT2D eigenvalue weighted by atomic mass is 10.1. The second kappa shape index (κ2) is 11.4. The Morgan fingerprint density at radius 3 is 2.53 bits per heavy atom. The Balaban J connectivity index is 1.30. The first-order chi connectivity index (χ1) is 21.4. The van der Waals surface area contributed by atoms with Gasteiger partial charge in [-0.15, -0.1) is 0 Å². The summed E-state index contributed by atoms with van der Waals surface area (Å²) in [5.41, 5.74) is 7.73. The van der Waals surface area contributed by atoms with Crippen LogP contribution in [0.5, 0.6) is 17.4 Å². The highest BCUT2D eigenvalue weighted by Gasteiger charge is 2.32. The molecule has 2 aromatic carbocycles. The van der Waals surface area contributed by atoms with Crippen molar-refractivity contribution >= 4 is 38.2 Å². The molecule has 11 nitrogen and oxygen atoms in total. The van der Waals surface area contributed by atoms with E-state index in [4.69, 9.17) is 15.2 Å². The van der Waals surface area contributed by atoms with Gasteiger partial charge in [-0.1, -0.05) is 6.07 Å². The summed E-state index contributed by atoms with van der Waals surface area (Å²) >= 11 is 0. The molecule has 45 heavy (non-hydrogen) atoms. The second-order valence-electron chi connectivity index (χ2n) is 10.2. The van der Waals surface area contributed by atoms with Crippen LogP contribution in [0.3, 0.4) is 0 Å². The van der Waals surface area contributed by atoms with Crippen molar-refractivity contribution in [3.05, 3.63) is 83.3 Å². The van der Waals surface area contributed by atoms with Crippen LogP contribution in [0, 0.1) is 18.6 Å². The number of hydrogen-bond acceptors (Lipinski definition) is 8. The molecule has 5 aromatic rings. The maximum Gasteiger partial charge on any atom is 0.272 e. The number of hydrogen-bond donors (Lipinski definition) is 2. The summed E-state index contributed by atoms with van der Waals surface area (Å²) in [5.74, 6) is -3.24. The van der Waals surface area contributed by atoms with Crippen LogP contribution in [0.2, 0.25) is 0 Å². The number of ketones is 1. The standard InChI is InChI=1S/C29H24F4N6O5S/c1-15-8-26(44-28-18(30)4-2-5-19(28)31)35-13-23(15)39-29(34)17(12-36-39)27(40)21-9-16-10-24(43-14-25(32)33)22(11-20(16)37-21)38-6-3-7-45(38,41)42/h2,4-5,8-13,25,37H,3,6-7,14,34H2,1H3. The molecular weight excluding hydrogens is 620 g/mol. The zero-order valence-corrected chi connectivity index (χ0v) is 24.2. The molecule has 0 atom stereocenters. The number of sulfonamides is 1. The number of alkyl halides is 2. The van der Waals surface area contributed by atoms with Crippen LogP contribution in [-0.4, -0.2) is 59.3 Å². The zero-order valence-electron chi connectivity index (χ0n) is 23.4. The molecule has 16 heteroatoms. The van der Waals surface area contributed by atoms with Crippen molar-refractivity contribution in [2.45, 2.75) is 19.8 Å². The monoisotopic (exact) mass is 644 g/mol. The summed E-state index contributed by atoms with van der Waals surface area (Å²) in [5, 5.41) is 4.63. The third-order valence-electron chi connectivity index (χ3n) is 7.14. The second-order valence-corrected chi connectivity index (χ2v) is 12.2. The molecule has 0 unspecified atom stereocenters. The number of aryl methyl sites for hydroxylation is 1. The maximum absolute atomic E-state index is 14.0. The molecular formula is C29H24F4N6O5S. The third-order valence-corrected chi connectivity index (χ3v) is 9.00. The van der Waals surface area contributed by atoms with Gasteiger partial charge in [0.15, 0.2) is 11.6 Å². The fourth-order valence-corrected chi connectivity index (χ4v) is 6.56. The number of carbonyl (C=O) groups excluding carboxylic acids is 1. The van der Waals surface area contributed by atoms with Crippen molar-refractivity contribution in [1.82, 2.24) is 19.7 Å². The molecule has 0 saturated carbocycles. The smallest absolute Gasteiger partial charge is 0.272 e. The number of nitrogens with two attached hydrogens (primary N) is 1. The van der Waals surface area contributed by atoms with Crippen molar-refractivity contribution < 1.29 is 40.2 Å². The van der Waals surface area contributed by atoms with Gasteiger partial charge in [0, 0.05) is 23.5 Å². The number of aromatic amines is 1. The molecule has 0 amide bonds. The minimum absolute atomic E-state index is 0.0197.